The number of carbonyl (C=O) groups is 1. The van der Waals surface area contributed by atoms with Gasteiger partial charge in [-0.15, -0.1) is 0 Å². The van der Waals surface area contributed by atoms with Gasteiger partial charge in [-0.3, -0.25) is 9.63 Å². The van der Waals surface area contributed by atoms with Gasteiger partial charge in [0.1, 0.15) is 0 Å². The normalized spacial score (nSPS) is 9.27. The zero-order valence-electron chi connectivity index (χ0n) is 6.72. The van der Waals surface area contributed by atoms with Crippen molar-refractivity contribution in [2.24, 2.45) is 5.73 Å². The molecular formula is C7H14N2O2. The quantitative estimate of drug-likeness (QED) is 0.335. The van der Waals surface area contributed by atoms with E-state index in [2.05, 4.69) is 16.9 Å². The Balaban J connectivity index is 3.44. The van der Waals surface area contributed by atoms with Gasteiger partial charge in [-0.2, -0.15) is 0 Å². The second-order valence-electron chi connectivity index (χ2n) is 2.03. The molecule has 64 valence electrons. The van der Waals surface area contributed by atoms with Crippen molar-refractivity contribution in [3.05, 3.63) is 12.2 Å². The molecule has 0 aliphatic heterocycles. The van der Waals surface area contributed by atoms with Crippen LogP contribution < -0.4 is 11.2 Å². The van der Waals surface area contributed by atoms with E-state index in [1.165, 1.54) is 0 Å². The maximum atomic E-state index is 10.9. The molecule has 0 bridgehead atoms. The Morgan fingerprint density at radius 1 is 1.73 bits per heavy atom. The molecule has 11 heavy (non-hydrogen) atoms. The Hall–Kier alpha value is -0.870. The van der Waals surface area contributed by atoms with Crippen LogP contribution in [0.3, 0.4) is 0 Å². The highest BCUT2D eigenvalue weighted by Crippen LogP contribution is 1.94. The minimum absolute atomic E-state index is 0.277. The van der Waals surface area contributed by atoms with Crippen molar-refractivity contribution < 1.29 is 9.63 Å². The molecular weight excluding hydrogens is 144 g/mol. The third-order valence-corrected chi connectivity index (χ3v) is 1.13. The number of rotatable bonds is 5. The summed E-state index contributed by atoms with van der Waals surface area (Å²) in [6.45, 7) is 6.09. The molecule has 0 heterocycles. The Bertz CT molecular complexity index is 145. The highest BCUT2D eigenvalue weighted by atomic mass is 16.6. The first-order valence-corrected chi connectivity index (χ1v) is 3.52. The molecule has 0 aromatic carbocycles. The molecule has 0 aromatic rings. The van der Waals surface area contributed by atoms with Crippen LogP contribution in [0, 0.1) is 0 Å². The molecule has 0 radical (unpaired) electrons. The van der Waals surface area contributed by atoms with Gasteiger partial charge in [0.15, 0.2) is 0 Å². The summed E-state index contributed by atoms with van der Waals surface area (Å²) in [5, 5.41) is 0. The van der Waals surface area contributed by atoms with Crippen LogP contribution in [0.2, 0.25) is 0 Å². The smallest absolute Gasteiger partial charge is 0.270 e. The number of hydroxylamine groups is 1. The predicted molar refractivity (Wildman–Crippen MR) is 42.6 cm³/mol. The molecule has 0 rings (SSSR count). The Labute approximate surface area is 66.4 Å². The van der Waals surface area contributed by atoms with Crippen molar-refractivity contribution in [2.75, 3.05) is 13.2 Å². The SMILES string of the molecule is C=C(CC)C(=O)NOCCN. The van der Waals surface area contributed by atoms with Gasteiger partial charge in [0.05, 0.1) is 6.61 Å². The van der Waals surface area contributed by atoms with E-state index in [0.29, 0.717) is 25.1 Å². The standard InChI is InChI=1S/C7H14N2O2/c1-3-6(2)7(10)9-11-5-4-8/h2-5,8H2,1H3,(H,9,10). The van der Waals surface area contributed by atoms with Crippen LogP contribution in [0.1, 0.15) is 13.3 Å². The predicted octanol–water partition coefficient (Wildman–Crippen LogP) is -0.0409. The van der Waals surface area contributed by atoms with Crippen LogP contribution in [-0.4, -0.2) is 19.1 Å². The number of nitrogens with one attached hydrogen (secondary N) is 1. The molecule has 3 N–H and O–H groups in total. The third-order valence-electron chi connectivity index (χ3n) is 1.13. The molecule has 0 atom stereocenters. The van der Waals surface area contributed by atoms with E-state index in [4.69, 9.17) is 5.73 Å². The van der Waals surface area contributed by atoms with E-state index >= 15 is 0 Å². The largest absolute Gasteiger partial charge is 0.328 e. The fraction of sp³-hybridized carbons (Fsp3) is 0.571. The molecule has 0 aliphatic rings. The molecule has 4 nitrogen and oxygen atoms in total. The lowest BCUT2D eigenvalue weighted by Crippen LogP contribution is -2.27. The van der Waals surface area contributed by atoms with Crippen molar-refractivity contribution in [3.8, 4) is 0 Å². The zero-order chi connectivity index (χ0) is 8.69. The molecule has 0 saturated heterocycles. The molecule has 0 fully saturated rings. The molecule has 0 aliphatic carbocycles. The first kappa shape index (κ1) is 10.1. The summed E-state index contributed by atoms with van der Waals surface area (Å²) in [6.07, 6.45) is 0.623. The van der Waals surface area contributed by atoms with E-state index in [9.17, 15) is 4.79 Å². The maximum Gasteiger partial charge on any atom is 0.270 e. The number of amides is 1. The Morgan fingerprint density at radius 3 is 2.82 bits per heavy atom. The van der Waals surface area contributed by atoms with Crippen molar-refractivity contribution in [1.82, 2.24) is 5.48 Å². The zero-order valence-corrected chi connectivity index (χ0v) is 6.72. The first-order chi connectivity index (χ1) is 5.22. The van der Waals surface area contributed by atoms with Gasteiger partial charge in [-0.05, 0) is 6.42 Å². The monoisotopic (exact) mass is 158 g/mol. The van der Waals surface area contributed by atoms with Gasteiger partial charge in [0, 0.05) is 12.1 Å². The van der Waals surface area contributed by atoms with Gasteiger partial charge in [-0.1, -0.05) is 13.5 Å². The number of hydrogen-bond donors (Lipinski definition) is 2. The summed E-state index contributed by atoms with van der Waals surface area (Å²) in [5.74, 6) is -0.277. The average Bonchev–Trinajstić information content (AvgIpc) is 2.03. The van der Waals surface area contributed by atoms with Gasteiger partial charge in [0.25, 0.3) is 5.91 Å². The van der Waals surface area contributed by atoms with Crippen molar-refractivity contribution in [1.29, 1.82) is 0 Å². The first-order valence-electron chi connectivity index (χ1n) is 3.52. The van der Waals surface area contributed by atoms with Crippen LogP contribution in [0.25, 0.3) is 0 Å². The Morgan fingerprint density at radius 2 is 2.36 bits per heavy atom. The fourth-order valence-electron chi connectivity index (χ4n) is 0.408. The van der Waals surface area contributed by atoms with Crippen LogP contribution >= 0.6 is 0 Å². The average molecular weight is 158 g/mol. The molecule has 0 unspecified atom stereocenters. The third kappa shape index (κ3) is 4.52. The summed E-state index contributed by atoms with van der Waals surface area (Å²) in [6, 6.07) is 0. The van der Waals surface area contributed by atoms with Crippen LogP contribution in [0.15, 0.2) is 12.2 Å². The summed E-state index contributed by atoms with van der Waals surface area (Å²) >= 11 is 0. The summed E-state index contributed by atoms with van der Waals surface area (Å²) in [4.78, 5) is 15.6. The van der Waals surface area contributed by atoms with E-state index in [1.54, 1.807) is 0 Å². The van der Waals surface area contributed by atoms with Gasteiger partial charge in [-0.25, -0.2) is 5.48 Å². The van der Waals surface area contributed by atoms with Crippen molar-refractivity contribution >= 4 is 5.91 Å². The lowest BCUT2D eigenvalue weighted by molar-refractivity contribution is -0.129. The molecule has 0 saturated carbocycles. The summed E-state index contributed by atoms with van der Waals surface area (Å²) in [5.41, 5.74) is 7.84. The minimum atomic E-state index is -0.277. The Kier molecular flexibility index (Phi) is 5.42. The molecule has 1 amide bonds. The highest BCUT2D eigenvalue weighted by Gasteiger charge is 2.02. The van der Waals surface area contributed by atoms with Crippen molar-refractivity contribution in [2.45, 2.75) is 13.3 Å². The van der Waals surface area contributed by atoms with E-state index in [0.717, 1.165) is 0 Å². The summed E-state index contributed by atoms with van der Waals surface area (Å²) in [7, 11) is 0. The number of hydrogen-bond acceptors (Lipinski definition) is 3. The highest BCUT2D eigenvalue weighted by molar-refractivity contribution is 5.91. The fourth-order valence-corrected chi connectivity index (χ4v) is 0.408. The van der Waals surface area contributed by atoms with Crippen LogP contribution in [0.5, 0.6) is 0 Å². The van der Waals surface area contributed by atoms with E-state index in [-0.39, 0.29) is 5.91 Å². The van der Waals surface area contributed by atoms with E-state index < -0.39 is 0 Å². The van der Waals surface area contributed by atoms with Gasteiger partial charge < -0.3 is 5.73 Å². The van der Waals surface area contributed by atoms with Crippen LogP contribution in [-0.2, 0) is 9.63 Å². The second kappa shape index (κ2) is 5.88. The lowest BCUT2D eigenvalue weighted by atomic mass is 10.2. The van der Waals surface area contributed by atoms with Gasteiger partial charge >= 0.3 is 0 Å². The van der Waals surface area contributed by atoms with E-state index in [1.807, 2.05) is 6.92 Å². The minimum Gasteiger partial charge on any atom is -0.328 e. The number of carbonyl (C=O) groups excluding carboxylic acids is 1. The second-order valence-corrected chi connectivity index (χ2v) is 2.03. The summed E-state index contributed by atoms with van der Waals surface area (Å²) < 4.78 is 0. The topological polar surface area (TPSA) is 64.3 Å². The maximum absolute atomic E-state index is 10.9. The lowest BCUT2D eigenvalue weighted by Gasteiger charge is -2.04. The molecule has 0 spiro atoms. The van der Waals surface area contributed by atoms with Gasteiger partial charge in [0.2, 0.25) is 0 Å². The number of nitrogens with two attached hydrogens (primary N) is 1. The van der Waals surface area contributed by atoms with Crippen molar-refractivity contribution in [3.63, 3.8) is 0 Å². The molecule has 4 heteroatoms. The molecule has 0 aromatic heterocycles. The van der Waals surface area contributed by atoms with Crippen LogP contribution in [0.4, 0.5) is 0 Å².